The molecular formula is C14H19ClN4O2. The lowest BCUT2D eigenvalue weighted by atomic mass is 10.1. The monoisotopic (exact) mass is 310 g/mol. The van der Waals surface area contributed by atoms with Gasteiger partial charge in [0.25, 0.3) is 11.6 Å². The zero-order valence-corrected chi connectivity index (χ0v) is 12.9. The van der Waals surface area contributed by atoms with Crippen LogP contribution in [-0.4, -0.2) is 40.1 Å². The molecule has 0 radical (unpaired) electrons. The number of hydrogen-bond donors (Lipinski definition) is 1. The summed E-state index contributed by atoms with van der Waals surface area (Å²) in [7, 11) is 0. The van der Waals surface area contributed by atoms with Gasteiger partial charge in [-0.15, -0.1) is 12.4 Å². The molecule has 1 aliphatic heterocycles. The number of hydrogen-bond acceptors (Lipinski definition) is 5. The standard InChI is InChI=1S/C14H18N4O2.ClH/c1-8-6-11(12-9(2)17-20-13(12)16-8)14(19)18-5-3-4-10(18)7-15;/h6,10H,3-5,7,15H2,1-2H3;1H. The van der Waals surface area contributed by atoms with Crippen molar-refractivity contribution in [2.45, 2.75) is 32.7 Å². The molecule has 2 aromatic rings. The van der Waals surface area contributed by atoms with E-state index in [1.54, 1.807) is 6.07 Å². The van der Waals surface area contributed by atoms with E-state index >= 15 is 0 Å². The van der Waals surface area contributed by atoms with Gasteiger partial charge in [0, 0.05) is 24.8 Å². The van der Waals surface area contributed by atoms with E-state index < -0.39 is 0 Å². The number of nitrogens with zero attached hydrogens (tertiary/aromatic N) is 3. The molecule has 21 heavy (non-hydrogen) atoms. The van der Waals surface area contributed by atoms with Crippen LogP contribution in [0.4, 0.5) is 0 Å². The van der Waals surface area contributed by atoms with Crippen LogP contribution in [0.3, 0.4) is 0 Å². The fourth-order valence-electron chi connectivity index (χ4n) is 2.89. The maximum Gasteiger partial charge on any atom is 0.258 e. The van der Waals surface area contributed by atoms with Crippen molar-refractivity contribution in [3.05, 3.63) is 23.0 Å². The molecule has 1 fully saturated rings. The van der Waals surface area contributed by atoms with E-state index in [1.165, 1.54) is 0 Å². The van der Waals surface area contributed by atoms with Gasteiger partial charge in [-0.2, -0.15) is 0 Å². The number of likely N-dealkylation sites (tertiary alicyclic amines) is 1. The Balaban J connectivity index is 0.00000161. The summed E-state index contributed by atoms with van der Waals surface area (Å²) in [6, 6.07) is 1.94. The quantitative estimate of drug-likeness (QED) is 0.914. The van der Waals surface area contributed by atoms with Gasteiger partial charge in [-0.05, 0) is 32.8 Å². The van der Waals surface area contributed by atoms with Gasteiger partial charge in [-0.1, -0.05) is 5.16 Å². The summed E-state index contributed by atoms with van der Waals surface area (Å²) < 4.78 is 5.18. The molecule has 6 nitrogen and oxygen atoms in total. The second-order valence-electron chi connectivity index (χ2n) is 5.29. The Morgan fingerprint density at radius 1 is 1.52 bits per heavy atom. The summed E-state index contributed by atoms with van der Waals surface area (Å²) >= 11 is 0. The summed E-state index contributed by atoms with van der Waals surface area (Å²) in [6.45, 7) is 4.93. The van der Waals surface area contributed by atoms with Gasteiger partial charge >= 0.3 is 0 Å². The largest absolute Gasteiger partial charge is 0.336 e. The number of rotatable bonds is 2. The minimum Gasteiger partial charge on any atom is -0.336 e. The smallest absolute Gasteiger partial charge is 0.258 e. The van der Waals surface area contributed by atoms with Gasteiger partial charge in [-0.3, -0.25) is 4.79 Å². The van der Waals surface area contributed by atoms with Crippen molar-refractivity contribution in [2.24, 2.45) is 5.73 Å². The lowest BCUT2D eigenvalue weighted by Crippen LogP contribution is -2.40. The Morgan fingerprint density at radius 3 is 3.00 bits per heavy atom. The number of nitrogens with two attached hydrogens (primary N) is 1. The third-order valence-corrected chi connectivity index (χ3v) is 3.89. The predicted molar refractivity (Wildman–Crippen MR) is 81.6 cm³/mol. The molecule has 1 aliphatic rings. The molecule has 0 bridgehead atoms. The van der Waals surface area contributed by atoms with E-state index in [0.29, 0.717) is 28.9 Å². The molecule has 1 amide bonds. The molecule has 2 aromatic heterocycles. The van der Waals surface area contributed by atoms with Crippen molar-refractivity contribution >= 4 is 29.4 Å². The van der Waals surface area contributed by atoms with Crippen molar-refractivity contribution < 1.29 is 9.32 Å². The van der Waals surface area contributed by atoms with Crippen LogP contribution in [-0.2, 0) is 0 Å². The fourth-order valence-corrected chi connectivity index (χ4v) is 2.89. The highest BCUT2D eigenvalue weighted by Gasteiger charge is 2.30. The second-order valence-corrected chi connectivity index (χ2v) is 5.29. The molecule has 0 aliphatic carbocycles. The first-order valence-electron chi connectivity index (χ1n) is 6.86. The molecule has 3 rings (SSSR count). The first kappa shape index (κ1) is 15.7. The predicted octanol–water partition coefficient (Wildman–Crippen LogP) is 1.82. The Morgan fingerprint density at radius 2 is 2.29 bits per heavy atom. The highest BCUT2D eigenvalue weighted by Crippen LogP contribution is 2.26. The molecule has 1 saturated heterocycles. The zero-order valence-electron chi connectivity index (χ0n) is 12.1. The van der Waals surface area contributed by atoms with Crippen LogP contribution in [0.25, 0.3) is 11.1 Å². The fraction of sp³-hybridized carbons (Fsp3) is 0.500. The number of pyridine rings is 1. The molecule has 1 unspecified atom stereocenters. The zero-order chi connectivity index (χ0) is 14.3. The first-order chi connectivity index (χ1) is 9.61. The van der Waals surface area contributed by atoms with Crippen LogP contribution in [0, 0.1) is 13.8 Å². The summed E-state index contributed by atoms with van der Waals surface area (Å²) in [4.78, 5) is 18.9. The van der Waals surface area contributed by atoms with Crippen molar-refractivity contribution in [2.75, 3.05) is 13.1 Å². The van der Waals surface area contributed by atoms with Crippen LogP contribution in [0.2, 0.25) is 0 Å². The van der Waals surface area contributed by atoms with Gasteiger partial charge in [0.15, 0.2) is 0 Å². The van der Waals surface area contributed by atoms with Gasteiger partial charge in [0.1, 0.15) is 0 Å². The Hall–Kier alpha value is -1.66. The number of fused-ring (bicyclic) bond motifs is 1. The normalized spacial score (nSPS) is 18.0. The van der Waals surface area contributed by atoms with Gasteiger partial charge in [0.2, 0.25) is 0 Å². The van der Waals surface area contributed by atoms with Crippen LogP contribution in [0.1, 0.15) is 34.6 Å². The van der Waals surface area contributed by atoms with Gasteiger partial charge in [-0.25, -0.2) is 4.98 Å². The number of aromatic nitrogens is 2. The van der Waals surface area contributed by atoms with E-state index in [-0.39, 0.29) is 24.4 Å². The van der Waals surface area contributed by atoms with Crippen molar-refractivity contribution in [1.29, 1.82) is 0 Å². The summed E-state index contributed by atoms with van der Waals surface area (Å²) in [5.41, 5.74) is 8.24. The first-order valence-corrected chi connectivity index (χ1v) is 6.86. The molecule has 0 spiro atoms. The van der Waals surface area contributed by atoms with Crippen molar-refractivity contribution in [1.82, 2.24) is 15.0 Å². The van der Waals surface area contributed by atoms with Crippen molar-refractivity contribution in [3.8, 4) is 0 Å². The number of halogens is 1. The molecular weight excluding hydrogens is 292 g/mol. The Kier molecular flexibility index (Phi) is 4.49. The SMILES string of the molecule is Cc1cc(C(=O)N2CCCC2CN)c2c(C)noc2n1.Cl. The average Bonchev–Trinajstić information content (AvgIpc) is 3.04. The highest BCUT2D eigenvalue weighted by molar-refractivity contribution is 6.06. The van der Waals surface area contributed by atoms with E-state index in [4.69, 9.17) is 10.3 Å². The summed E-state index contributed by atoms with van der Waals surface area (Å²) in [5.74, 6) is -0.000231. The number of carbonyl (C=O) groups is 1. The van der Waals surface area contributed by atoms with E-state index in [1.807, 2.05) is 18.7 Å². The molecule has 114 valence electrons. The minimum atomic E-state index is -0.000231. The lowest BCUT2D eigenvalue weighted by Gasteiger charge is -2.23. The minimum absolute atomic E-state index is 0. The van der Waals surface area contributed by atoms with Crippen molar-refractivity contribution in [3.63, 3.8) is 0 Å². The third kappa shape index (κ3) is 2.61. The Labute approximate surface area is 129 Å². The number of amides is 1. The molecule has 3 heterocycles. The van der Waals surface area contributed by atoms with Gasteiger partial charge < -0.3 is 15.2 Å². The Bertz CT molecular complexity index is 670. The molecule has 0 saturated carbocycles. The summed E-state index contributed by atoms with van der Waals surface area (Å²) in [5, 5.41) is 4.62. The molecule has 1 atom stereocenters. The van der Waals surface area contributed by atoms with Crippen LogP contribution in [0.5, 0.6) is 0 Å². The average molecular weight is 311 g/mol. The number of carbonyl (C=O) groups excluding carboxylic acids is 1. The number of aryl methyl sites for hydroxylation is 2. The second kappa shape index (κ2) is 5.99. The molecule has 2 N–H and O–H groups in total. The van der Waals surface area contributed by atoms with E-state index in [2.05, 4.69) is 10.1 Å². The topological polar surface area (TPSA) is 85.2 Å². The maximum atomic E-state index is 12.8. The van der Waals surface area contributed by atoms with E-state index in [9.17, 15) is 4.79 Å². The maximum absolute atomic E-state index is 12.8. The van der Waals surface area contributed by atoms with E-state index in [0.717, 1.165) is 25.1 Å². The van der Waals surface area contributed by atoms with Crippen LogP contribution in [0.15, 0.2) is 10.6 Å². The third-order valence-electron chi connectivity index (χ3n) is 3.89. The molecule has 7 heteroatoms. The van der Waals surface area contributed by atoms with Crippen LogP contribution >= 0.6 is 12.4 Å². The van der Waals surface area contributed by atoms with Gasteiger partial charge in [0.05, 0.1) is 16.6 Å². The molecule has 0 aromatic carbocycles. The lowest BCUT2D eigenvalue weighted by molar-refractivity contribution is 0.0743. The summed E-state index contributed by atoms with van der Waals surface area (Å²) in [6.07, 6.45) is 1.97. The van der Waals surface area contributed by atoms with Crippen LogP contribution < -0.4 is 5.73 Å². The highest BCUT2D eigenvalue weighted by atomic mass is 35.5.